The molecule has 0 aliphatic carbocycles. The summed E-state index contributed by atoms with van der Waals surface area (Å²) in [5.74, 6) is 0. The van der Waals surface area contributed by atoms with Crippen LogP contribution in [0.4, 0.5) is 0 Å². The lowest BCUT2D eigenvalue weighted by atomic mass is 10.1. The number of aromatic nitrogens is 5. The summed E-state index contributed by atoms with van der Waals surface area (Å²) in [6, 6.07) is 11.8. The van der Waals surface area contributed by atoms with Gasteiger partial charge in [-0.25, -0.2) is 9.50 Å². The Bertz CT molecular complexity index is 1120. The van der Waals surface area contributed by atoms with Gasteiger partial charge in [-0.1, -0.05) is 23.8 Å². The fourth-order valence-corrected chi connectivity index (χ4v) is 3.32. The van der Waals surface area contributed by atoms with E-state index in [1.807, 2.05) is 36.0 Å². The Morgan fingerprint density at radius 2 is 2.04 bits per heavy atom. The van der Waals surface area contributed by atoms with Crippen molar-refractivity contribution in [2.75, 3.05) is 0 Å². The molecule has 0 spiro atoms. The molecule has 4 aromatic rings. The molecule has 0 saturated carbocycles. The van der Waals surface area contributed by atoms with Crippen LogP contribution < -0.4 is 5.56 Å². The Morgan fingerprint density at radius 3 is 2.77 bits per heavy atom. The van der Waals surface area contributed by atoms with E-state index in [9.17, 15) is 4.79 Å². The summed E-state index contributed by atoms with van der Waals surface area (Å²) in [5.41, 5.74) is 5.48. The van der Waals surface area contributed by atoms with Gasteiger partial charge in [0, 0.05) is 36.0 Å². The number of nitrogens with zero attached hydrogens (tertiary/aromatic N) is 4. The normalized spacial score (nSPS) is 12.6. The minimum atomic E-state index is -0.0975. The highest BCUT2D eigenvalue weighted by atomic mass is 16.1. The number of aromatic amines is 1. The minimum Gasteiger partial charge on any atom is -0.289 e. The fraction of sp³-hybridized carbons (Fsp3) is 0.250. The second kappa shape index (κ2) is 6.29. The number of H-pyrrole nitrogens is 1. The SMILES string of the molecule is Cc1cccc(-c2[nH]n3c(=O)cc(C[C@@H](C)n4cccn4)nc3c2C)c1. The van der Waals surface area contributed by atoms with Gasteiger partial charge in [0.05, 0.1) is 17.4 Å². The third-order valence-electron chi connectivity index (χ3n) is 4.69. The van der Waals surface area contributed by atoms with E-state index in [0.29, 0.717) is 12.1 Å². The zero-order valence-electron chi connectivity index (χ0n) is 15.1. The topological polar surface area (TPSA) is 68.0 Å². The molecular formula is C20H21N5O. The molecule has 0 bridgehead atoms. The predicted molar refractivity (Wildman–Crippen MR) is 101 cm³/mol. The lowest BCUT2D eigenvalue weighted by molar-refractivity contribution is 0.484. The second-order valence-corrected chi connectivity index (χ2v) is 6.77. The zero-order valence-corrected chi connectivity index (χ0v) is 15.1. The molecule has 3 aromatic heterocycles. The van der Waals surface area contributed by atoms with Gasteiger partial charge in [0.2, 0.25) is 0 Å². The molecule has 132 valence electrons. The van der Waals surface area contributed by atoms with Crippen molar-refractivity contribution >= 4 is 5.65 Å². The highest BCUT2D eigenvalue weighted by Gasteiger charge is 2.15. The Kier molecular flexibility index (Phi) is 3.95. The van der Waals surface area contributed by atoms with Crippen molar-refractivity contribution in [3.8, 4) is 11.3 Å². The Balaban J connectivity index is 1.77. The number of hydrogen-bond donors (Lipinski definition) is 1. The van der Waals surface area contributed by atoms with Crippen LogP contribution in [0.5, 0.6) is 0 Å². The van der Waals surface area contributed by atoms with E-state index in [1.54, 1.807) is 12.3 Å². The van der Waals surface area contributed by atoms with Crippen LogP contribution in [0.3, 0.4) is 0 Å². The van der Waals surface area contributed by atoms with Crippen molar-refractivity contribution in [3.63, 3.8) is 0 Å². The summed E-state index contributed by atoms with van der Waals surface area (Å²) >= 11 is 0. The van der Waals surface area contributed by atoms with Crippen LogP contribution in [0.15, 0.2) is 53.6 Å². The summed E-state index contributed by atoms with van der Waals surface area (Å²) in [5, 5.41) is 7.47. The first-order chi connectivity index (χ1) is 12.5. The van der Waals surface area contributed by atoms with Crippen molar-refractivity contribution < 1.29 is 0 Å². The third-order valence-corrected chi connectivity index (χ3v) is 4.69. The largest absolute Gasteiger partial charge is 0.289 e. The molecule has 0 aliphatic rings. The van der Waals surface area contributed by atoms with Crippen molar-refractivity contribution in [2.45, 2.75) is 33.2 Å². The summed E-state index contributed by atoms with van der Waals surface area (Å²) in [7, 11) is 0. The Hall–Kier alpha value is -3.15. The number of hydrogen-bond acceptors (Lipinski definition) is 3. The third kappa shape index (κ3) is 2.83. The maximum atomic E-state index is 12.6. The standard InChI is InChI=1S/C20H21N5O/c1-13-6-4-7-16(10-13)19-15(3)20-22-17(12-18(26)25(20)23-19)11-14(2)24-9-5-8-21-24/h4-10,12,14,23H,11H2,1-3H3/t14-/m1/s1. The van der Waals surface area contributed by atoms with E-state index in [1.165, 1.54) is 10.1 Å². The highest BCUT2D eigenvalue weighted by Crippen LogP contribution is 2.25. The second-order valence-electron chi connectivity index (χ2n) is 6.77. The van der Waals surface area contributed by atoms with Crippen molar-refractivity contribution in [2.24, 2.45) is 0 Å². The van der Waals surface area contributed by atoms with Crippen LogP contribution in [-0.2, 0) is 6.42 Å². The van der Waals surface area contributed by atoms with Crippen molar-refractivity contribution in [1.82, 2.24) is 24.4 Å². The maximum Gasteiger partial charge on any atom is 0.272 e. The van der Waals surface area contributed by atoms with Gasteiger partial charge in [-0.2, -0.15) is 5.10 Å². The van der Waals surface area contributed by atoms with Crippen LogP contribution >= 0.6 is 0 Å². The fourth-order valence-electron chi connectivity index (χ4n) is 3.32. The van der Waals surface area contributed by atoms with Crippen LogP contribution in [0.2, 0.25) is 0 Å². The number of fused-ring (bicyclic) bond motifs is 1. The highest BCUT2D eigenvalue weighted by molar-refractivity contribution is 5.70. The first-order valence-corrected chi connectivity index (χ1v) is 8.70. The molecule has 0 aliphatic heterocycles. The quantitative estimate of drug-likeness (QED) is 0.616. The van der Waals surface area contributed by atoms with Gasteiger partial charge >= 0.3 is 0 Å². The van der Waals surface area contributed by atoms with Gasteiger partial charge in [-0.3, -0.25) is 14.6 Å². The molecule has 0 radical (unpaired) electrons. The summed E-state index contributed by atoms with van der Waals surface area (Å²) in [4.78, 5) is 17.3. The van der Waals surface area contributed by atoms with Gasteiger partial charge in [-0.05, 0) is 32.9 Å². The van der Waals surface area contributed by atoms with Gasteiger partial charge < -0.3 is 0 Å². The lowest BCUT2D eigenvalue weighted by Crippen LogP contribution is -2.18. The van der Waals surface area contributed by atoms with Crippen LogP contribution in [0.1, 0.15) is 29.8 Å². The van der Waals surface area contributed by atoms with Gasteiger partial charge in [-0.15, -0.1) is 0 Å². The van der Waals surface area contributed by atoms with Crippen molar-refractivity contribution in [1.29, 1.82) is 0 Å². The molecule has 0 amide bonds. The van der Waals surface area contributed by atoms with Gasteiger partial charge in [0.25, 0.3) is 5.56 Å². The van der Waals surface area contributed by atoms with Crippen LogP contribution in [0, 0.1) is 13.8 Å². The molecule has 3 heterocycles. The summed E-state index contributed by atoms with van der Waals surface area (Å²) in [6.45, 7) is 6.12. The molecule has 1 N–H and O–H groups in total. The predicted octanol–water partition coefficient (Wildman–Crippen LogP) is 3.31. The summed E-state index contributed by atoms with van der Waals surface area (Å²) < 4.78 is 3.40. The molecule has 0 fully saturated rings. The molecular weight excluding hydrogens is 326 g/mol. The van der Waals surface area contributed by atoms with Crippen LogP contribution in [0.25, 0.3) is 16.9 Å². The average Bonchev–Trinajstić information content (AvgIpc) is 3.24. The lowest BCUT2D eigenvalue weighted by Gasteiger charge is -2.11. The number of benzene rings is 1. The summed E-state index contributed by atoms with van der Waals surface area (Å²) in [6.07, 6.45) is 4.33. The zero-order chi connectivity index (χ0) is 18.3. The molecule has 1 atom stereocenters. The Labute approximate surface area is 151 Å². The monoisotopic (exact) mass is 347 g/mol. The van der Waals surface area contributed by atoms with E-state index < -0.39 is 0 Å². The maximum absolute atomic E-state index is 12.6. The van der Waals surface area contributed by atoms with Gasteiger partial charge in [0.1, 0.15) is 0 Å². The van der Waals surface area contributed by atoms with E-state index >= 15 is 0 Å². The molecule has 1 aromatic carbocycles. The average molecular weight is 347 g/mol. The molecule has 26 heavy (non-hydrogen) atoms. The molecule has 0 saturated heterocycles. The van der Waals surface area contributed by atoms with Crippen molar-refractivity contribution in [3.05, 3.63) is 76.0 Å². The van der Waals surface area contributed by atoms with E-state index in [4.69, 9.17) is 4.98 Å². The molecule has 6 heteroatoms. The number of aryl methyl sites for hydroxylation is 2. The van der Waals surface area contributed by atoms with Gasteiger partial charge in [0.15, 0.2) is 5.65 Å². The first kappa shape index (κ1) is 16.3. The molecule has 6 nitrogen and oxygen atoms in total. The van der Waals surface area contributed by atoms with E-state index in [-0.39, 0.29) is 11.6 Å². The van der Waals surface area contributed by atoms with E-state index in [0.717, 1.165) is 22.5 Å². The Morgan fingerprint density at radius 1 is 1.19 bits per heavy atom. The minimum absolute atomic E-state index is 0.0975. The molecule has 0 unspecified atom stereocenters. The first-order valence-electron chi connectivity index (χ1n) is 8.70. The molecule has 4 rings (SSSR count). The number of rotatable bonds is 4. The number of nitrogens with one attached hydrogen (secondary N) is 1. The van der Waals surface area contributed by atoms with Crippen LogP contribution in [-0.4, -0.2) is 24.4 Å². The smallest absolute Gasteiger partial charge is 0.272 e. The van der Waals surface area contributed by atoms with E-state index in [2.05, 4.69) is 36.2 Å².